The summed E-state index contributed by atoms with van der Waals surface area (Å²) in [6.45, 7) is 10.2. The van der Waals surface area contributed by atoms with Crippen molar-refractivity contribution >= 4 is 11.8 Å². The lowest BCUT2D eigenvalue weighted by Crippen LogP contribution is -2.59. The summed E-state index contributed by atoms with van der Waals surface area (Å²) in [7, 11) is 7.32. The van der Waals surface area contributed by atoms with Crippen molar-refractivity contribution in [2.75, 3.05) is 28.3 Å². The van der Waals surface area contributed by atoms with Gasteiger partial charge in [0.2, 0.25) is 0 Å². The largest absolute Gasteiger partial charge is 0.462 e. The first kappa shape index (κ1) is 40.0. The van der Waals surface area contributed by atoms with Gasteiger partial charge >= 0.3 is 5.97 Å². The van der Waals surface area contributed by atoms with Crippen LogP contribution in [0.2, 0.25) is 0 Å². The Morgan fingerprint density at radius 3 is 2.31 bits per heavy atom. The number of hydrogen-bond acceptors (Lipinski definition) is 11. The van der Waals surface area contributed by atoms with Gasteiger partial charge in [-0.15, -0.1) is 0 Å². The number of hydrogen-bond donors (Lipinski definition) is 1. The van der Waals surface area contributed by atoms with Crippen molar-refractivity contribution < 1.29 is 47.9 Å². The maximum Gasteiger partial charge on any atom is 0.306 e. The molecule has 0 spiro atoms. The van der Waals surface area contributed by atoms with Gasteiger partial charge in [0.1, 0.15) is 24.4 Å². The van der Waals surface area contributed by atoms with E-state index >= 15 is 0 Å². The number of cyclic esters (lactones) is 1. The maximum absolute atomic E-state index is 14.7. The number of ether oxygens (including phenoxy) is 7. The lowest BCUT2D eigenvalue weighted by atomic mass is 9.67. The first-order valence-electron chi connectivity index (χ1n) is 20.0. The Kier molecular flexibility index (Phi) is 13.1. The van der Waals surface area contributed by atoms with Gasteiger partial charge in [0.25, 0.3) is 0 Å². The average molecular weight is 732 g/mol. The van der Waals surface area contributed by atoms with Crippen LogP contribution in [-0.4, -0.2) is 118 Å². The summed E-state index contributed by atoms with van der Waals surface area (Å²) in [6, 6.07) is 0.333. The molecule has 0 amide bonds. The van der Waals surface area contributed by atoms with Crippen LogP contribution >= 0.6 is 0 Å². The SMILES string of the molecule is CC[C@H]1CCC[C@H](O[C@H]2CC[C@H](N(C)C)[C@@H](C)O2)[C@@H](C)C(=O)C2=C[C@@H]3[C@H](C=C(C)[C@H]4C[C@H](O[C@@H]5O[C@@H](C)[C@H](O)[C@@H](OC)[C@H]5OC)C[C@H]34)[C@@H]2CC(=O)O1. The first-order valence-corrected chi connectivity index (χ1v) is 20.0. The third kappa shape index (κ3) is 8.13. The van der Waals surface area contributed by atoms with E-state index in [0.29, 0.717) is 12.5 Å². The highest BCUT2D eigenvalue weighted by Crippen LogP contribution is 2.56. The molecule has 3 aliphatic heterocycles. The van der Waals surface area contributed by atoms with Gasteiger partial charge in [0, 0.05) is 32.1 Å². The molecule has 0 aromatic rings. The van der Waals surface area contributed by atoms with Crippen molar-refractivity contribution in [1.29, 1.82) is 0 Å². The van der Waals surface area contributed by atoms with Gasteiger partial charge in [-0.3, -0.25) is 9.59 Å². The summed E-state index contributed by atoms with van der Waals surface area (Å²) in [5.41, 5.74) is 2.03. The molecule has 1 N–H and O–H groups in total. The number of carbonyl (C=O) groups excluding carboxylic acids is 2. The fourth-order valence-electron chi connectivity index (χ4n) is 10.5. The Labute approximate surface area is 311 Å². The van der Waals surface area contributed by atoms with Gasteiger partial charge in [0.15, 0.2) is 18.4 Å². The van der Waals surface area contributed by atoms with Gasteiger partial charge in [-0.2, -0.15) is 0 Å². The molecule has 0 unspecified atom stereocenters. The Bertz CT molecular complexity index is 1320. The number of carbonyl (C=O) groups is 2. The van der Waals surface area contributed by atoms with E-state index < -0.39 is 30.7 Å². The molecular weight excluding hydrogens is 666 g/mol. The summed E-state index contributed by atoms with van der Waals surface area (Å²) in [5.74, 6) is -0.122. The fourth-order valence-corrected chi connectivity index (χ4v) is 10.5. The van der Waals surface area contributed by atoms with Crippen molar-refractivity contribution in [1.82, 2.24) is 4.90 Å². The van der Waals surface area contributed by atoms with Gasteiger partial charge < -0.3 is 43.2 Å². The zero-order valence-electron chi connectivity index (χ0n) is 32.9. The topological polar surface area (TPSA) is 122 Å². The van der Waals surface area contributed by atoms with Crippen molar-refractivity contribution in [2.24, 2.45) is 35.5 Å². The molecule has 1 saturated carbocycles. The zero-order chi connectivity index (χ0) is 37.4. The number of aliphatic hydroxyl groups is 1. The summed E-state index contributed by atoms with van der Waals surface area (Å²) in [6.07, 6.45) is 7.11. The van der Waals surface area contributed by atoms with Crippen molar-refractivity contribution in [2.45, 2.75) is 160 Å². The molecule has 11 heteroatoms. The van der Waals surface area contributed by atoms with E-state index in [2.05, 4.69) is 51.9 Å². The molecule has 6 aliphatic rings. The van der Waals surface area contributed by atoms with E-state index in [1.54, 1.807) is 14.2 Å². The molecular formula is C41H65NO10. The summed E-state index contributed by atoms with van der Waals surface area (Å²) in [5, 5.41) is 10.7. The summed E-state index contributed by atoms with van der Waals surface area (Å²) < 4.78 is 43.3. The van der Waals surface area contributed by atoms with Crippen LogP contribution in [0.3, 0.4) is 0 Å². The van der Waals surface area contributed by atoms with E-state index in [1.165, 1.54) is 5.57 Å². The van der Waals surface area contributed by atoms with E-state index in [1.807, 2.05) is 13.8 Å². The number of likely N-dealkylation sites (N-methyl/N-ethyl adjacent to an activating group) is 1. The number of ketones is 1. The van der Waals surface area contributed by atoms with Gasteiger partial charge in [-0.05, 0) is 115 Å². The number of allylic oxidation sites excluding steroid dienone is 4. The summed E-state index contributed by atoms with van der Waals surface area (Å²) in [4.78, 5) is 30.5. The van der Waals surface area contributed by atoms with Crippen LogP contribution in [0.25, 0.3) is 0 Å². The minimum absolute atomic E-state index is 0.0253. The molecule has 6 rings (SSSR count). The van der Waals surface area contributed by atoms with Crippen LogP contribution in [0.15, 0.2) is 23.3 Å². The van der Waals surface area contributed by atoms with Crippen molar-refractivity contribution in [3.05, 3.63) is 23.3 Å². The number of aliphatic hydroxyl groups excluding tert-OH is 1. The predicted molar refractivity (Wildman–Crippen MR) is 194 cm³/mol. The third-order valence-electron chi connectivity index (χ3n) is 13.4. The summed E-state index contributed by atoms with van der Waals surface area (Å²) >= 11 is 0. The molecule has 0 aromatic heterocycles. The molecule has 294 valence electrons. The second-order valence-corrected chi connectivity index (χ2v) is 16.8. The molecule has 11 nitrogen and oxygen atoms in total. The molecule has 52 heavy (non-hydrogen) atoms. The molecule has 4 fully saturated rings. The zero-order valence-corrected chi connectivity index (χ0v) is 32.9. The smallest absolute Gasteiger partial charge is 0.306 e. The minimum atomic E-state index is -0.825. The monoisotopic (exact) mass is 731 g/mol. The van der Waals surface area contributed by atoms with Crippen LogP contribution in [0.4, 0.5) is 0 Å². The van der Waals surface area contributed by atoms with E-state index in [0.717, 1.165) is 50.5 Å². The molecule has 0 bridgehead atoms. The standard InChI is InChI=1S/C41H65NO10/c1-10-25-12-11-13-34(52-36-15-14-33(42(6)7)23(4)48-36)22(3)37(44)32-19-30-28(31(32)20-35(43)50-25)16-21(2)27-17-26(18-29(27)30)51-41-40(47-9)39(46-8)38(45)24(5)49-41/h16,19,22-31,33-34,36,38-41,45H,10-15,17-18,20H2,1-9H3/t22-,23-,24+,25+,26+,27-,28+,29+,30-,31+,33+,34+,36+,38+,39-,40-,41+/m1/s1. The molecule has 0 radical (unpaired) electrons. The first-order chi connectivity index (χ1) is 24.8. The molecule has 0 aromatic carbocycles. The number of esters is 1. The van der Waals surface area contributed by atoms with Crippen LogP contribution in [-0.2, 0) is 42.7 Å². The predicted octanol–water partition coefficient (Wildman–Crippen LogP) is 5.22. The average Bonchev–Trinajstić information content (AvgIpc) is 3.69. The highest BCUT2D eigenvalue weighted by atomic mass is 16.7. The lowest BCUT2D eigenvalue weighted by Gasteiger charge is -2.43. The Morgan fingerprint density at radius 1 is 0.885 bits per heavy atom. The second-order valence-electron chi connectivity index (χ2n) is 16.8. The Morgan fingerprint density at radius 2 is 1.63 bits per heavy atom. The van der Waals surface area contributed by atoms with Crippen LogP contribution < -0.4 is 0 Å². The van der Waals surface area contributed by atoms with Gasteiger partial charge in [-0.25, -0.2) is 0 Å². The highest BCUT2D eigenvalue weighted by molar-refractivity contribution is 5.99. The molecule has 3 saturated heterocycles. The van der Waals surface area contributed by atoms with Gasteiger partial charge in [0.05, 0.1) is 30.8 Å². The number of Topliss-reactive ketones (excluding diaryl/α,β-unsaturated/α-hetero) is 1. The number of rotatable bonds is 8. The van der Waals surface area contributed by atoms with Crippen LogP contribution in [0.1, 0.15) is 92.4 Å². The third-order valence-corrected chi connectivity index (χ3v) is 13.4. The second kappa shape index (κ2) is 17.0. The molecule has 17 atom stereocenters. The van der Waals surface area contributed by atoms with Crippen LogP contribution in [0, 0.1) is 35.5 Å². The number of methoxy groups -OCH3 is 2. The van der Waals surface area contributed by atoms with E-state index in [9.17, 15) is 14.7 Å². The number of nitrogens with zero attached hydrogens (tertiary/aromatic N) is 1. The fraction of sp³-hybridized carbons (Fsp3) is 0.854. The quantitative estimate of drug-likeness (QED) is 0.261. The highest BCUT2D eigenvalue weighted by Gasteiger charge is 2.53. The van der Waals surface area contributed by atoms with E-state index in [4.69, 9.17) is 33.2 Å². The van der Waals surface area contributed by atoms with Crippen molar-refractivity contribution in [3.8, 4) is 0 Å². The Balaban J connectivity index is 1.23. The molecule has 3 heterocycles. The van der Waals surface area contributed by atoms with Crippen LogP contribution in [0.5, 0.6) is 0 Å². The van der Waals surface area contributed by atoms with E-state index in [-0.39, 0.29) is 84.4 Å². The molecule has 3 aliphatic carbocycles. The maximum atomic E-state index is 14.7. The Hall–Kier alpha value is -1.70. The number of fused-ring (bicyclic) bond motifs is 5. The normalized spacial score (nSPS) is 45.9. The lowest BCUT2D eigenvalue weighted by molar-refractivity contribution is -0.311. The van der Waals surface area contributed by atoms with Gasteiger partial charge in [-0.1, -0.05) is 31.6 Å². The van der Waals surface area contributed by atoms with Crippen molar-refractivity contribution in [3.63, 3.8) is 0 Å². The minimum Gasteiger partial charge on any atom is -0.462 e.